The second kappa shape index (κ2) is 12.9. The summed E-state index contributed by atoms with van der Waals surface area (Å²) in [4.78, 5) is 39.5. The Balaban J connectivity index is 0.00000216. The van der Waals surface area contributed by atoms with E-state index in [-0.39, 0.29) is 37.8 Å². The molecule has 0 saturated carbocycles. The number of rotatable bonds is 8. The predicted molar refractivity (Wildman–Crippen MR) is 141 cm³/mol. The molecular formula is C29H35F4N3O4. The zero-order chi connectivity index (χ0) is 29.7. The molecule has 7 nitrogen and oxygen atoms in total. The largest absolute Gasteiger partial charge is 0.416 e. The van der Waals surface area contributed by atoms with Crippen molar-refractivity contribution in [3.8, 4) is 0 Å². The summed E-state index contributed by atoms with van der Waals surface area (Å²) in [6, 6.07) is 6.79. The van der Waals surface area contributed by atoms with Gasteiger partial charge in [-0.3, -0.25) is 14.5 Å². The first-order valence-corrected chi connectivity index (χ1v) is 13.4. The molecule has 0 aromatic heterocycles. The van der Waals surface area contributed by atoms with Crippen molar-refractivity contribution in [2.45, 2.75) is 70.4 Å². The minimum Gasteiger partial charge on any atom is -0.385 e. The quantitative estimate of drug-likeness (QED) is 0.366. The van der Waals surface area contributed by atoms with E-state index in [1.807, 2.05) is 18.7 Å². The number of amides is 2. The molecule has 11 heteroatoms. The molecule has 2 N–H and O–H groups in total. The van der Waals surface area contributed by atoms with Crippen molar-refractivity contribution in [1.29, 1.82) is 0 Å². The lowest BCUT2D eigenvalue weighted by molar-refractivity contribution is -0.137. The molecule has 2 amide bonds. The van der Waals surface area contributed by atoms with Crippen LogP contribution in [0.1, 0.15) is 72.1 Å². The van der Waals surface area contributed by atoms with Crippen LogP contribution >= 0.6 is 0 Å². The molecule has 1 saturated heterocycles. The maximum absolute atomic E-state index is 15.2. The number of nitrogens with zero attached hydrogens (tertiary/aromatic N) is 2. The predicted octanol–water partition coefficient (Wildman–Crippen LogP) is 4.40. The molecular weight excluding hydrogens is 530 g/mol. The molecule has 1 unspecified atom stereocenters. The van der Waals surface area contributed by atoms with Gasteiger partial charge < -0.3 is 20.1 Å². The third-order valence-corrected chi connectivity index (χ3v) is 7.38. The number of hydrogen-bond acceptors (Lipinski definition) is 5. The van der Waals surface area contributed by atoms with E-state index in [1.165, 1.54) is 24.1 Å². The molecule has 218 valence electrons. The highest BCUT2D eigenvalue weighted by atomic mass is 19.4. The number of benzene rings is 2. The van der Waals surface area contributed by atoms with Crippen molar-refractivity contribution in [3.63, 3.8) is 0 Å². The number of likely N-dealkylation sites (tertiary alicyclic amines) is 1. The number of fused-ring (bicyclic) bond motifs is 1. The number of nitrogens with one attached hydrogen (secondary N) is 1. The van der Waals surface area contributed by atoms with Crippen LogP contribution in [0.25, 0.3) is 0 Å². The number of aldehydes is 1. The number of hydrogen-bond donors (Lipinski definition) is 2. The van der Waals surface area contributed by atoms with Gasteiger partial charge in [0.05, 0.1) is 16.7 Å². The second-order valence-electron chi connectivity index (χ2n) is 9.80. The topological polar surface area (TPSA) is 89.9 Å². The minimum atomic E-state index is -4.40. The molecule has 2 aromatic rings. The number of carbonyl (C=O) groups excluding carboxylic acids is 3. The van der Waals surface area contributed by atoms with Crippen LogP contribution in [-0.2, 0) is 34.5 Å². The SMILES string of the molecule is CC.CNC(=O)C(CCC=O)N1Cc2cc(C3(O)CCN(Cc4ccc(C(F)(F)F)cc4)CC3)cc(F)c2C1=O. The fourth-order valence-electron chi connectivity index (χ4n) is 5.20. The van der Waals surface area contributed by atoms with Crippen molar-refractivity contribution in [2.24, 2.45) is 0 Å². The fraction of sp³-hybridized carbons (Fsp3) is 0.483. The van der Waals surface area contributed by atoms with E-state index < -0.39 is 41.0 Å². The van der Waals surface area contributed by atoms with Crippen LogP contribution in [0.15, 0.2) is 36.4 Å². The summed E-state index contributed by atoms with van der Waals surface area (Å²) in [5, 5.41) is 13.8. The Hall–Kier alpha value is -3.31. The van der Waals surface area contributed by atoms with E-state index in [0.717, 1.165) is 18.2 Å². The van der Waals surface area contributed by atoms with E-state index in [2.05, 4.69) is 5.32 Å². The first kappa shape index (κ1) is 31.2. The van der Waals surface area contributed by atoms with Gasteiger partial charge in [0.25, 0.3) is 5.91 Å². The van der Waals surface area contributed by atoms with Gasteiger partial charge in [-0.2, -0.15) is 13.2 Å². The molecule has 1 atom stereocenters. The highest BCUT2D eigenvalue weighted by Crippen LogP contribution is 2.38. The molecule has 0 radical (unpaired) electrons. The Morgan fingerprint density at radius 1 is 1.15 bits per heavy atom. The summed E-state index contributed by atoms with van der Waals surface area (Å²) >= 11 is 0. The first-order valence-electron chi connectivity index (χ1n) is 13.4. The zero-order valence-electron chi connectivity index (χ0n) is 22.9. The van der Waals surface area contributed by atoms with Gasteiger partial charge in [0.2, 0.25) is 5.91 Å². The van der Waals surface area contributed by atoms with E-state index in [0.29, 0.717) is 42.6 Å². The third-order valence-electron chi connectivity index (χ3n) is 7.38. The van der Waals surface area contributed by atoms with E-state index >= 15 is 4.39 Å². The smallest absolute Gasteiger partial charge is 0.385 e. The minimum absolute atomic E-state index is 0.0218. The molecule has 2 aromatic carbocycles. The van der Waals surface area contributed by atoms with Crippen LogP contribution in [-0.4, -0.2) is 59.2 Å². The number of likely N-dealkylation sites (N-methyl/N-ethyl adjacent to an activating group) is 1. The maximum Gasteiger partial charge on any atom is 0.416 e. The number of alkyl halides is 3. The Bertz CT molecular complexity index is 1210. The summed E-state index contributed by atoms with van der Waals surface area (Å²) in [5.41, 5.74) is -0.786. The van der Waals surface area contributed by atoms with Gasteiger partial charge in [-0.15, -0.1) is 0 Å². The van der Waals surface area contributed by atoms with Gasteiger partial charge in [0, 0.05) is 39.6 Å². The zero-order valence-corrected chi connectivity index (χ0v) is 22.9. The van der Waals surface area contributed by atoms with E-state index in [9.17, 15) is 32.7 Å². The van der Waals surface area contributed by atoms with Gasteiger partial charge in [0.15, 0.2) is 0 Å². The van der Waals surface area contributed by atoms with Crippen molar-refractivity contribution in [1.82, 2.24) is 15.1 Å². The summed E-state index contributed by atoms with van der Waals surface area (Å²) in [5.74, 6) is -1.87. The average Bonchev–Trinajstić information content (AvgIpc) is 3.27. The normalized spacial score (nSPS) is 17.5. The van der Waals surface area contributed by atoms with Gasteiger partial charge in [-0.25, -0.2) is 4.39 Å². The van der Waals surface area contributed by atoms with Crippen LogP contribution in [0.4, 0.5) is 17.6 Å². The number of carbonyl (C=O) groups is 3. The van der Waals surface area contributed by atoms with Crippen molar-refractivity contribution < 1.29 is 37.1 Å². The van der Waals surface area contributed by atoms with Crippen LogP contribution < -0.4 is 5.32 Å². The standard InChI is InChI=1S/C27H29F4N3O4.C2H6/c1-32-24(36)22(3-2-12-35)34-16-18-13-20(14-21(28)23(18)25(34)37)26(38)8-10-33(11-9-26)15-17-4-6-19(7-5-17)27(29,30)31;1-2/h4-7,12-14,22,38H,2-3,8-11,15-16H2,1H3,(H,32,36);1-2H3. The van der Waals surface area contributed by atoms with Crippen LogP contribution in [0, 0.1) is 5.82 Å². The molecule has 4 rings (SSSR count). The monoisotopic (exact) mass is 565 g/mol. The van der Waals surface area contributed by atoms with Crippen molar-refractivity contribution in [3.05, 3.63) is 70.0 Å². The lowest BCUT2D eigenvalue weighted by Gasteiger charge is -2.38. The molecule has 2 aliphatic rings. The summed E-state index contributed by atoms with van der Waals surface area (Å²) in [6.45, 7) is 5.27. The van der Waals surface area contributed by atoms with Gasteiger partial charge >= 0.3 is 6.18 Å². The Morgan fingerprint density at radius 2 is 1.77 bits per heavy atom. The molecule has 0 bridgehead atoms. The molecule has 2 heterocycles. The summed E-state index contributed by atoms with van der Waals surface area (Å²) in [7, 11) is 1.42. The summed E-state index contributed by atoms with van der Waals surface area (Å²) < 4.78 is 53.6. The number of halogens is 4. The summed E-state index contributed by atoms with van der Waals surface area (Å²) in [6.07, 6.45) is -3.04. The number of aliphatic hydroxyl groups is 1. The molecule has 40 heavy (non-hydrogen) atoms. The van der Waals surface area contributed by atoms with Crippen LogP contribution in [0.2, 0.25) is 0 Å². The van der Waals surface area contributed by atoms with Crippen molar-refractivity contribution in [2.75, 3.05) is 20.1 Å². The highest BCUT2D eigenvalue weighted by molar-refractivity contribution is 6.01. The lowest BCUT2D eigenvalue weighted by atomic mass is 9.83. The van der Waals surface area contributed by atoms with E-state index in [1.54, 1.807) is 6.07 Å². The Morgan fingerprint density at radius 3 is 2.33 bits per heavy atom. The molecule has 0 spiro atoms. The van der Waals surface area contributed by atoms with Crippen molar-refractivity contribution >= 4 is 18.1 Å². The van der Waals surface area contributed by atoms with E-state index in [4.69, 9.17) is 0 Å². The lowest BCUT2D eigenvalue weighted by Crippen LogP contribution is -2.46. The molecule has 0 aliphatic carbocycles. The fourth-order valence-corrected chi connectivity index (χ4v) is 5.20. The molecule has 2 aliphatic heterocycles. The maximum atomic E-state index is 15.2. The van der Waals surface area contributed by atoms with Gasteiger partial charge in [0.1, 0.15) is 18.1 Å². The third kappa shape index (κ3) is 6.69. The van der Waals surface area contributed by atoms with Crippen LogP contribution in [0.3, 0.4) is 0 Å². The highest BCUT2D eigenvalue weighted by Gasteiger charge is 2.41. The van der Waals surface area contributed by atoms with Gasteiger partial charge in [-0.05, 0) is 54.2 Å². The van der Waals surface area contributed by atoms with Gasteiger partial charge in [-0.1, -0.05) is 32.0 Å². The van der Waals surface area contributed by atoms with Crippen LogP contribution in [0.5, 0.6) is 0 Å². The Kier molecular flexibility index (Phi) is 10.1. The Labute approximate surface area is 231 Å². The number of piperidine rings is 1. The second-order valence-corrected chi connectivity index (χ2v) is 9.80. The molecule has 1 fully saturated rings. The first-order chi connectivity index (χ1) is 19.0. The average molecular weight is 566 g/mol.